The molecule has 2 N–H and O–H groups in total. The Balaban J connectivity index is 1.80. The van der Waals surface area contributed by atoms with Crippen LogP contribution in [0.2, 0.25) is 0 Å². The van der Waals surface area contributed by atoms with E-state index in [4.69, 9.17) is 0 Å². The Labute approximate surface area is 166 Å². The molecule has 150 valence electrons. The van der Waals surface area contributed by atoms with Crippen LogP contribution < -0.4 is 10.6 Å². The summed E-state index contributed by atoms with van der Waals surface area (Å²) in [6.07, 6.45) is 0.323. The Bertz CT molecular complexity index is 992. The number of nitrogens with one attached hydrogen (secondary N) is 2. The second-order valence-corrected chi connectivity index (χ2v) is 6.70. The van der Waals surface area contributed by atoms with E-state index in [9.17, 15) is 24.5 Å². The van der Waals surface area contributed by atoms with Crippen LogP contribution in [-0.2, 0) is 15.1 Å². The highest BCUT2D eigenvalue weighted by molar-refractivity contribution is 6.10. The maximum atomic E-state index is 13.0. The lowest BCUT2D eigenvalue weighted by atomic mass is 9.87. The van der Waals surface area contributed by atoms with Crippen molar-refractivity contribution in [3.8, 4) is 0 Å². The van der Waals surface area contributed by atoms with E-state index >= 15 is 0 Å². The predicted molar refractivity (Wildman–Crippen MR) is 105 cm³/mol. The number of hydrogen-bond donors (Lipinski definition) is 2. The number of nitrogens with zero attached hydrogens (tertiary/aromatic N) is 2. The van der Waals surface area contributed by atoms with Crippen LogP contribution in [0.5, 0.6) is 0 Å². The molecule has 0 saturated carbocycles. The summed E-state index contributed by atoms with van der Waals surface area (Å²) in [6, 6.07) is 12.5. The van der Waals surface area contributed by atoms with E-state index in [-0.39, 0.29) is 16.9 Å². The number of hydrogen-bond acceptors (Lipinski definition) is 5. The van der Waals surface area contributed by atoms with E-state index in [1.165, 1.54) is 25.1 Å². The van der Waals surface area contributed by atoms with Crippen molar-refractivity contribution < 1.29 is 19.3 Å². The molecule has 1 unspecified atom stereocenters. The van der Waals surface area contributed by atoms with Crippen molar-refractivity contribution in [3.63, 3.8) is 0 Å². The summed E-state index contributed by atoms with van der Waals surface area (Å²) in [5.41, 5.74) is -0.179. The summed E-state index contributed by atoms with van der Waals surface area (Å²) < 4.78 is 0. The van der Waals surface area contributed by atoms with Gasteiger partial charge in [0, 0.05) is 6.07 Å². The number of nitro groups is 1. The molecule has 4 amide bonds. The Morgan fingerprint density at radius 3 is 2.48 bits per heavy atom. The fourth-order valence-corrected chi connectivity index (χ4v) is 3.42. The SMILES string of the molecule is CCC1(c2ccccc2)NC(=O)N(CC(=O)Nc2cccc([N+](=O)[O-])c2C)C1=O. The summed E-state index contributed by atoms with van der Waals surface area (Å²) in [7, 11) is 0. The van der Waals surface area contributed by atoms with Gasteiger partial charge in [-0.1, -0.05) is 43.3 Å². The van der Waals surface area contributed by atoms with Crippen LogP contribution >= 0.6 is 0 Å². The number of anilines is 1. The molecule has 1 atom stereocenters. The number of imide groups is 1. The highest BCUT2D eigenvalue weighted by atomic mass is 16.6. The average molecular weight is 396 g/mol. The van der Waals surface area contributed by atoms with Gasteiger partial charge in [-0.2, -0.15) is 0 Å². The van der Waals surface area contributed by atoms with Crippen LogP contribution in [-0.4, -0.2) is 34.2 Å². The van der Waals surface area contributed by atoms with Crippen LogP contribution in [0.3, 0.4) is 0 Å². The van der Waals surface area contributed by atoms with Crippen LogP contribution in [0, 0.1) is 17.0 Å². The number of amides is 4. The summed E-state index contributed by atoms with van der Waals surface area (Å²) >= 11 is 0. The first-order valence-corrected chi connectivity index (χ1v) is 9.03. The molecule has 3 rings (SSSR count). The van der Waals surface area contributed by atoms with Gasteiger partial charge in [0.15, 0.2) is 0 Å². The average Bonchev–Trinajstić information content (AvgIpc) is 2.95. The molecular weight excluding hydrogens is 376 g/mol. The highest BCUT2D eigenvalue weighted by Gasteiger charge is 2.51. The molecule has 0 spiro atoms. The fraction of sp³-hybridized carbons (Fsp3) is 0.250. The van der Waals surface area contributed by atoms with Crippen molar-refractivity contribution in [2.75, 3.05) is 11.9 Å². The number of carbonyl (C=O) groups is 3. The predicted octanol–water partition coefficient (Wildman–Crippen LogP) is 2.70. The maximum Gasteiger partial charge on any atom is 0.325 e. The largest absolute Gasteiger partial charge is 0.325 e. The summed E-state index contributed by atoms with van der Waals surface area (Å²) in [4.78, 5) is 49.3. The molecule has 29 heavy (non-hydrogen) atoms. The lowest BCUT2D eigenvalue weighted by Crippen LogP contribution is -2.44. The van der Waals surface area contributed by atoms with Gasteiger partial charge < -0.3 is 10.6 Å². The fourth-order valence-electron chi connectivity index (χ4n) is 3.42. The number of rotatable bonds is 6. The van der Waals surface area contributed by atoms with Gasteiger partial charge in [0.05, 0.1) is 16.2 Å². The minimum Gasteiger partial charge on any atom is -0.324 e. The molecule has 9 heteroatoms. The highest BCUT2D eigenvalue weighted by Crippen LogP contribution is 2.32. The van der Waals surface area contributed by atoms with Gasteiger partial charge in [-0.05, 0) is 25.0 Å². The zero-order chi connectivity index (χ0) is 21.2. The summed E-state index contributed by atoms with van der Waals surface area (Å²) in [6.45, 7) is 2.79. The molecule has 0 aliphatic carbocycles. The standard InChI is InChI=1S/C20H20N4O5/c1-3-20(14-8-5-4-6-9-14)18(26)23(19(27)22-20)12-17(25)21-15-10-7-11-16(13(15)2)24(28)29/h4-11H,3,12H2,1-2H3,(H,21,25)(H,22,27). The van der Waals surface area contributed by atoms with Gasteiger partial charge in [0.2, 0.25) is 5.91 Å². The zero-order valence-corrected chi connectivity index (χ0v) is 16.0. The van der Waals surface area contributed by atoms with E-state index < -0.39 is 34.9 Å². The van der Waals surface area contributed by atoms with Crippen molar-refractivity contribution in [2.24, 2.45) is 0 Å². The minimum absolute atomic E-state index is 0.133. The number of nitro benzene ring substituents is 1. The van der Waals surface area contributed by atoms with Gasteiger partial charge in [0.25, 0.3) is 11.6 Å². The normalized spacial score (nSPS) is 18.5. The van der Waals surface area contributed by atoms with Gasteiger partial charge in [-0.25, -0.2) is 4.79 Å². The Morgan fingerprint density at radius 2 is 1.86 bits per heavy atom. The third-order valence-electron chi connectivity index (χ3n) is 5.05. The number of urea groups is 1. The van der Waals surface area contributed by atoms with E-state index in [0.717, 1.165) is 4.90 Å². The van der Waals surface area contributed by atoms with Gasteiger partial charge in [-0.3, -0.25) is 24.6 Å². The molecule has 9 nitrogen and oxygen atoms in total. The van der Waals surface area contributed by atoms with Crippen molar-refractivity contribution in [3.05, 3.63) is 69.8 Å². The van der Waals surface area contributed by atoms with Gasteiger partial charge >= 0.3 is 6.03 Å². The molecule has 0 radical (unpaired) electrons. The van der Waals surface area contributed by atoms with Crippen LogP contribution in [0.4, 0.5) is 16.2 Å². The summed E-state index contributed by atoms with van der Waals surface area (Å²) in [5.74, 6) is -1.14. The van der Waals surface area contributed by atoms with Crippen LogP contribution in [0.25, 0.3) is 0 Å². The Hall–Kier alpha value is -3.75. The monoisotopic (exact) mass is 396 g/mol. The first-order valence-electron chi connectivity index (χ1n) is 9.03. The first kappa shape index (κ1) is 20.0. The smallest absolute Gasteiger partial charge is 0.324 e. The van der Waals surface area contributed by atoms with Crippen molar-refractivity contribution in [1.29, 1.82) is 0 Å². The quantitative estimate of drug-likeness (QED) is 0.442. The number of benzene rings is 2. The maximum absolute atomic E-state index is 13.0. The third kappa shape index (κ3) is 3.54. The molecule has 1 heterocycles. The van der Waals surface area contributed by atoms with E-state index in [1.807, 2.05) is 0 Å². The second-order valence-electron chi connectivity index (χ2n) is 6.70. The van der Waals surface area contributed by atoms with Crippen LogP contribution in [0.15, 0.2) is 48.5 Å². The Kier molecular flexibility index (Phi) is 5.31. The minimum atomic E-state index is -1.22. The third-order valence-corrected chi connectivity index (χ3v) is 5.05. The van der Waals surface area contributed by atoms with E-state index in [0.29, 0.717) is 12.0 Å². The molecule has 0 bridgehead atoms. The molecule has 1 aliphatic heterocycles. The van der Waals surface area contributed by atoms with Crippen molar-refractivity contribution in [2.45, 2.75) is 25.8 Å². The molecular formula is C20H20N4O5. The van der Waals surface area contributed by atoms with Crippen LogP contribution in [0.1, 0.15) is 24.5 Å². The van der Waals surface area contributed by atoms with Crippen molar-refractivity contribution >= 4 is 29.2 Å². The first-order chi connectivity index (χ1) is 13.8. The molecule has 1 fully saturated rings. The lowest BCUT2D eigenvalue weighted by Gasteiger charge is -2.25. The zero-order valence-electron chi connectivity index (χ0n) is 16.0. The van der Waals surface area contributed by atoms with E-state index in [1.54, 1.807) is 37.3 Å². The molecule has 2 aromatic carbocycles. The van der Waals surface area contributed by atoms with Crippen molar-refractivity contribution in [1.82, 2.24) is 10.2 Å². The van der Waals surface area contributed by atoms with Gasteiger partial charge in [0.1, 0.15) is 12.1 Å². The molecule has 2 aromatic rings. The number of carbonyl (C=O) groups excluding carboxylic acids is 3. The topological polar surface area (TPSA) is 122 Å². The lowest BCUT2D eigenvalue weighted by molar-refractivity contribution is -0.385. The van der Waals surface area contributed by atoms with Gasteiger partial charge in [-0.15, -0.1) is 0 Å². The Morgan fingerprint density at radius 1 is 1.17 bits per heavy atom. The molecule has 1 saturated heterocycles. The van der Waals surface area contributed by atoms with E-state index in [2.05, 4.69) is 10.6 Å². The molecule has 1 aliphatic rings. The molecule has 0 aromatic heterocycles. The second kappa shape index (κ2) is 7.70. The summed E-state index contributed by atoms with van der Waals surface area (Å²) in [5, 5.41) is 16.3.